The fraction of sp³-hybridized carbons (Fsp3) is 0.500. The van der Waals surface area contributed by atoms with Crippen molar-refractivity contribution in [1.29, 1.82) is 0 Å². The molecule has 0 aromatic heterocycles. The molecule has 1 amide bonds. The Bertz CT molecular complexity index is 410. The van der Waals surface area contributed by atoms with Crippen LogP contribution in [0.25, 0.3) is 0 Å². The molecule has 0 saturated heterocycles. The normalized spacial score (nSPS) is 17.3. The second-order valence-corrected chi connectivity index (χ2v) is 5.25. The summed E-state index contributed by atoms with van der Waals surface area (Å²) in [5.41, 5.74) is 7.58. The molecule has 92 valence electrons. The zero-order valence-electron chi connectivity index (χ0n) is 10.3. The number of benzene rings is 1. The van der Waals surface area contributed by atoms with Gasteiger partial charge in [0.2, 0.25) is 0 Å². The molecule has 17 heavy (non-hydrogen) atoms. The summed E-state index contributed by atoms with van der Waals surface area (Å²) in [5.74, 6) is 0.00780. The van der Waals surface area contributed by atoms with E-state index in [1.807, 2.05) is 24.3 Å². The fourth-order valence-electron chi connectivity index (χ4n) is 2.19. The lowest BCUT2D eigenvalue weighted by atomic mass is 9.70. The Morgan fingerprint density at radius 3 is 2.82 bits per heavy atom. The van der Waals surface area contributed by atoms with Gasteiger partial charge in [-0.3, -0.25) is 4.79 Å². The third-order valence-corrected chi connectivity index (χ3v) is 3.66. The Morgan fingerprint density at radius 2 is 2.24 bits per heavy atom. The molecule has 1 aliphatic rings. The molecule has 1 aromatic rings. The van der Waals surface area contributed by atoms with E-state index in [9.17, 15) is 4.79 Å². The number of rotatable bonds is 4. The Hall–Kier alpha value is -1.35. The minimum absolute atomic E-state index is 0.00780. The predicted octanol–water partition coefficient (Wildman–Crippen LogP) is 2.07. The van der Waals surface area contributed by atoms with Crippen LogP contribution in [-0.2, 0) is 6.54 Å². The van der Waals surface area contributed by atoms with Gasteiger partial charge in [-0.05, 0) is 36.0 Å². The van der Waals surface area contributed by atoms with Crippen LogP contribution >= 0.6 is 0 Å². The van der Waals surface area contributed by atoms with Gasteiger partial charge in [0.25, 0.3) is 5.91 Å². The molecule has 0 atom stereocenters. The molecular weight excluding hydrogens is 212 g/mol. The van der Waals surface area contributed by atoms with Crippen molar-refractivity contribution >= 4 is 5.91 Å². The molecule has 1 fully saturated rings. The van der Waals surface area contributed by atoms with Gasteiger partial charge in [0.05, 0.1) is 0 Å². The average Bonchev–Trinajstić information content (AvgIpc) is 2.33. The number of carbonyl (C=O) groups is 1. The molecule has 0 bridgehead atoms. The van der Waals surface area contributed by atoms with Gasteiger partial charge in [0.15, 0.2) is 0 Å². The first-order valence-electron chi connectivity index (χ1n) is 6.20. The molecule has 3 nitrogen and oxygen atoms in total. The Kier molecular flexibility index (Phi) is 3.48. The largest absolute Gasteiger partial charge is 0.351 e. The topological polar surface area (TPSA) is 55.1 Å². The minimum Gasteiger partial charge on any atom is -0.351 e. The monoisotopic (exact) mass is 232 g/mol. The quantitative estimate of drug-likeness (QED) is 0.835. The van der Waals surface area contributed by atoms with E-state index < -0.39 is 0 Å². The molecule has 3 heteroatoms. The number of amides is 1. The highest BCUT2D eigenvalue weighted by molar-refractivity contribution is 5.94. The second-order valence-electron chi connectivity index (χ2n) is 5.25. The van der Waals surface area contributed by atoms with Gasteiger partial charge in [-0.1, -0.05) is 25.5 Å². The summed E-state index contributed by atoms with van der Waals surface area (Å²) in [6, 6.07) is 7.50. The van der Waals surface area contributed by atoms with Crippen LogP contribution in [-0.4, -0.2) is 12.5 Å². The van der Waals surface area contributed by atoms with E-state index in [0.29, 0.717) is 17.5 Å². The maximum atomic E-state index is 11.9. The highest BCUT2D eigenvalue weighted by atomic mass is 16.1. The van der Waals surface area contributed by atoms with Gasteiger partial charge in [0, 0.05) is 18.7 Å². The van der Waals surface area contributed by atoms with E-state index in [1.54, 1.807) is 0 Å². The summed E-state index contributed by atoms with van der Waals surface area (Å²) in [6.45, 7) is 3.48. The van der Waals surface area contributed by atoms with Crippen molar-refractivity contribution in [3.8, 4) is 0 Å². The lowest BCUT2D eigenvalue weighted by molar-refractivity contribution is 0.0890. The van der Waals surface area contributed by atoms with Crippen molar-refractivity contribution < 1.29 is 4.79 Å². The van der Waals surface area contributed by atoms with Crippen LogP contribution in [0.4, 0.5) is 0 Å². The molecule has 0 unspecified atom stereocenters. The van der Waals surface area contributed by atoms with Crippen LogP contribution in [0.3, 0.4) is 0 Å². The highest BCUT2D eigenvalue weighted by Crippen LogP contribution is 2.39. The molecule has 3 N–H and O–H groups in total. The molecule has 1 aliphatic carbocycles. The van der Waals surface area contributed by atoms with Crippen LogP contribution in [0.5, 0.6) is 0 Å². The summed E-state index contributed by atoms with van der Waals surface area (Å²) in [6.07, 6.45) is 3.72. The van der Waals surface area contributed by atoms with Gasteiger partial charge in [0.1, 0.15) is 0 Å². The molecule has 0 aliphatic heterocycles. The van der Waals surface area contributed by atoms with Crippen LogP contribution < -0.4 is 11.1 Å². The number of hydrogen-bond donors (Lipinski definition) is 2. The van der Waals surface area contributed by atoms with Gasteiger partial charge in [-0.2, -0.15) is 0 Å². The van der Waals surface area contributed by atoms with Gasteiger partial charge in [-0.25, -0.2) is 0 Å². The molecule has 0 heterocycles. The Balaban J connectivity index is 1.94. The van der Waals surface area contributed by atoms with Crippen LogP contribution in [0.1, 0.15) is 42.1 Å². The van der Waals surface area contributed by atoms with Gasteiger partial charge < -0.3 is 11.1 Å². The lowest BCUT2D eigenvalue weighted by Crippen LogP contribution is -2.39. The van der Waals surface area contributed by atoms with Crippen molar-refractivity contribution in [2.24, 2.45) is 11.1 Å². The van der Waals surface area contributed by atoms with Crippen molar-refractivity contribution in [3.05, 3.63) is 35.4 Å². The average molecular weight is 232 g/mol. The molecule has 1 saturated carbocycles. The van der Waals surface area contributed by atoms with Crippen molar-refractivity contribution in [2.45, 2.75) is 32.7 Å². The minimum atomic E-state index is 0.00780. The van der Waals surface area contributed by atoms with Crippen LogP contribution in [0.15, 0.2) is 24.3 Å². The summed E-state index contributed by atoms with van der Waals surface area (Å²) in [7, 11) is 0. The first-order chi connectivity index (χ1) is 8.13. The first kappa shape index (κ1) is 12.1. The molecule has 1 aromatic carbocycles. The van der Waals surface area contributed by atoms with Gasteiger partial charge >= 0.3 is 0 Å². The Labute approximate surface area is 102 Å². The van der Waals surface area contributed by atoms with E-state index >= 15 is 0 Å². The standard InChI is InChI=1S/C14H20N2O/c1-14(6-3-7-14)10-16-13(17)12-5-2-4-11(8-12)9-15/h2,4-5,8H,3,6-7,9-10,15H2,1H3,(H,16,17). The summed E-state index contributed by atoms with van der Waals surface area (Å²) < 4.78 is 0. The highest BCUT2D eigenvalue weighted by Gasteiger charge is 2.31. The number of nitrogens with two attached hydrogens (primary N) is 1. The SMILES string of the molecule is CC1(CNC(=O)c2cccc(CN)c2)CCC1. The number of carbonyl (C=O) groups excluding carboxylic acids is 1. The van der Waals surface area contributed by atoms with E-state index in [2.05, 4.69) is 12.2 Å². The van der Waals surface area contributed by atoms with Crippen molar-refractivity contribution in [1.82, 2.24) is 5.32 Å². The third kappa shape index (κ3) is 2.86. The van der Waals surface area contributed by atoms with E-state index in [-0.39, 0.29) is 5.91 Å². The molecule has 2 rings (SSSR count). The van der Waals surface area contributed by atoms with Crippen LogP contribution in [0.2, 0.25) is 0 Å². The smallest absolute Gasteiger partial charge is 0.251 e. The van der Waals surface area contributed by atoms with Crippen LogP contribution in [0, 0.1) is 5.41 Å². The summed E-state index contributed by atoms with van der Waals surface area (Å²) in [4.78, 5) is 11.9. The summed E-state index contributed by atoms with van der Waals surface area (Å²) >= 11 is 0. The fourth-order valence-corrected chi connectivity index (χ4v) is 2.19. The lowest BCUT2D eigenvalue weighted by Gasteiger charge is -2.38. The number of nitrogens with one attached hydrogen (secondary N) is 1. The van der Waals surface area contributed by atoms with Gasteiger partial charge in [-0.15, -0.1) is 0 Å². The number of hydrogen-bond acceptors (Lipinski definition) is 2. The molecule has 0 spiro atoms. The zero-order valence-corrected chi connectivity index (χ0v) is 10.3. The van der Waals surface area contributed by atoms with E-state index in [4.69, 9.17) is 5.73 Å². The molecular formula is C14H20N2O. The maximum Gasteiger partial charge on any atom is 0.251 e. The van der Waals surface area contributed by atoms with E-state index in [1.165, 1.54) is 19.3 Å². The predicted molar refractivity (Wildman–Crippen MR) is 68.6 cm³/mol. The first-order valence-corrected chi connectivity index (χ1v) is 6.20. The van der Waals surface area contributed by atoms with Crippen molar-refractivity contribution in [3.63, 3.8) is 0 Å². The Morgan fingerprint density at radius 1 is 1.47 bits per heavy atom. The second kappa shape index (κ2) is 4.88. The summed E-state index contributed by atoms with van der Waals surface area (Å²) in [5, 5.41) is 3.01. The third-order valence-electron chi connectivity index (χ3n) is 3.66. The van der Waals surface area contributed by atoms with Crippen molar-refractivity contribution in [2.75, 3.05) is 6.54 Å². The van der Waals surface area contributed by atoms with E-state index in [0.717, 1.165) is 12.1 Å². The zero-order chi connectivity index (χ0) is 12.3. The molecule has 0 radical (unpaired) electrons. The maximum absolute atomic E-state index is 11.9.